The molecule has 0 aliphatic carbocycles. The summed E-state index contributed by atoms with van der Waals surface area (Å²) in [5.41, 5.74) is 6.27. The maximum Gasteiger partial charge on any atom is 0.252 e. The van der Waals surface area contributed by atoms with E-state index in [1.165, 1.54) is 6.20 Å². The van der Waals surface area contributed by atoms with Gasteiger partial charge in [-0.1, -0.05) is 0 Å². The number of carbonyl (C=O) groups excluding carboxylic acids is 1. The number of benzene rings is 1. The molecule has 0 saturated heterocycles. The van der Waals surface area contributed by atoms with Crippen molar-refractivity contribution in [2.75, 3.05) is 6.54 Å². The van der Waals surface area contributed by atoms with Crippen LogP contribution in [0.5, 0.6) is 0 Å². The van der Waals surface area contributed by atoms with Crippen LogP contribution in [0, 0.1) is 17.5 Å². The van der Waals surface area contributed by atoms with Gasteiger partial charge in [0.1, 0.15) is 5.82 Å². The zero-order chi connectivity index (χ0) is 16.8. The van der Waals surface area contributed by atoms with Crippen LogP contribution in [0.4, 0.5) is 13.2 Å². The van der Waals surface area contributed by atoms with Crippen molar-refractivity contribution in [1.29, 1.82) is 0 Å². The van der Waals surface area contributed by atoms with E-state index in [1.54, 1.807) is 18.3 Å². The van der Waals surface area contributed by atoms with Gasteiger partial charge in [-0.2, -0.15) is 0 Å². The van der Waals surface area contributed by atoms with Crippen molar-refractivity contribution in [2.24, 2.45) is 5.73 Å². The lowest BCUT2D eigenvalue weighted by Crippen LogP contribution is -2.31. The van der Waals surface area contributed by atoms with Gasteiger partial charge in [-0.05, 0) is 36.6 Å². The standard InChI is InChI=1S/C16H16F3N3O.ClH/c17-13-8-15(19)14(18)7-11(13)6-12(20)3-5-22-16(23)10-2-1-4-21-9-10;/h1-2,4,7-9,12H,3,5-6,20H2,(H,22,23);1H/t12-;/m0./s1. The van der Waals surface area contributed by atoms with Gasteiger partial charge in [0.05, 0.1) is 5.56 Å². The zero-order valence-electron chi connectivity index (χ0n) is 12.6. The third kappa shape index (κ3) is 5.50. The van der Waals surface area contributed by atoms with Crippen LogP contribution in [0.1, 0.15) is 22.3 Å². The van der Waals surface area contributed by atoms with Gasteiger partial charge in [-0.15, -0.1) is 12.4 Å². The van der Waals surface area contributed by atoms with Crippen LogP contribution >= 0.6 is 12.4 Å². The van der Waals surface area contributed by atoms with Crippen molar-refractivity contribution < 1.29 is 18.0 Å². The third-order valence-corrected chi connectivity index (χ3v) is 3.30. The number of rotatable bonds is 6. The van der Waals surface area contributed by atoms with E-state index in [4.69, 9.17) is 5.73 Å². The Morgan fingerprint density at radius 3 is 2.58 bits per heavy atom. The van der Waals surface area contributed by atoms with Crippen molar-refractivity contribution in [1.82, 2.24) is 10.3 Å². The number of nitrogens with one attached hydrogen (secondary N) is 1. The first kappa shape index (κ1) is 19.9. The maximum atomic E-state index is 13.5. The Kier molecular flexibility index (Phi) is 7.67. The molecule has 0 bridgehead atoms. The molecule has 1 aromatic carbocycles. The summed E-state index contributed by atoms with van der Waals surface area (Å²) in [7, 11) is 0. The fourth-order valence-electron chi connectivity index (χ4n) is 2.07. The molecule has 1 aromatic heterocycles. The van der Waals surface area contributed by atoms with Crippen LogP contribution in [-0.2, 0) is 6.42 Å². The molecule has 0 saturated carbocycles. The Morgan fingerprint density at radius 2 is 1.92 bits per heavy atom. The van der Waals surface area contributed by atoms with E-state index in [1.807, 2.05) is 0 Å². The highest BCUT2D eigenvalue weighted by Crippen LogP contribution is 2.15. The highest BCUT2D eigenvalue weighted by molar-refractivity contribution is 5.93. The molecular formula is C16H17ClF3N3O. The van der Waals surface area contributed by atoms with Crippen LogP contribution in [-0.4, -0.2) is 23.5 Å². The van der Waals surface area contributed by atoms with Crippen molar-refractivity contribution in [3.05, 3.63) is 65.2 Å². The zero-order valence-corrected chi connectivity index (χ0v) is 13.5. The summed E-state index contributed by atoms with van der Waals surface area (Å²) >= 11 is 0. The van der Waals surface area contributed by atoms with Crippen LogP contribution in [0.25, 0.3) is 0 Å². The average molecular weight is 360 g/mol. The Morgan fingerprint density at radius 1 is 1.21 bits per heavy atom. The number of nitrogens with zero attached hydrogens (tertiary/aromatic N) is 1. The topological polar surface area (TPSA) is 68.0 Å². The summed E-state index contributed by atoms with van der Waals surface area (Å²) < 4.78 is 39.5. The van der Waals surface area contributed by atoms with Crippen molar-refractivity contribution in [3.8, 4) is 0 Å². The van der Waals surface area contributed by atoms with E-state index < -0.39 is 23.5 Å². The van der Waals surface area contributed by atoms with Gasteiger partial charge in [-0.25, -0.2) is 13.2 Å². The van der Waals surface area contributed by atoms with Gasteiger partial charge in [-0.3, -0.25) is 9.78 Å². The summed E-state index contributed by atoms with van der Waals surface area (Å²) in [6.45, 7) is 0.278. The monoisotopic (exact) mass is 359 g/mol. The summed E-state index contributed by atoms with van der Waals surface area (Å²) in [5, 5.41) is 2.66. The minimum Gasteiger partial charge on any atom is -0.352 e. The SMILES string of the molecule is Cl.N[C@@H](CCNC(=O)c1cccnc1)Cc1cc(F)c(F)cc1F. The molecule has 4 nitrogen and oxygen atoms in total. The fourth-order valence-corrected chi connectivity index (χ4v) is 2.07. The van der Waals surface area contributed by atoms with E-state index in [2.05, 4.69) is 10.3 Å². The lowest BCUT2D eigenvalue weighted by atomic mass is 10.0. The number of hydrogen-bond acceptors (Lipinski definition) is 3. The second kappa shape index (κ2) is 9.24. The maximum absolute atomic E-state index is 13.5. The van der Waals surface area contributed by atoms with Crippen molar-refractivity contribution >= 4 is 18.3 Å². The number of amides is 1. The summed E-state index contributed by atoms with van der Waals surface area (Å²) in [4.78, 5) is 15.6. The Bertz CT molecular complexity index is 686. The number of pyridine rings is 1. The van der Waals surface area contributed by atoms with Crippen LogP contribution < -0.4 is 11.1 Å². The predicted octanol–water partition coefficient (Wildman–Crippen LogP) is 2.61. The smallest absolute Gasteiger partial charge is 0.252 e. The van der Waals surface area contributed by atoms with E-state index >= 15 is 0 Å². The van der Waals surface area contributed by atoms with Gasteiger partial charge >= 0.3 is 0 Å². The van der Waals surface area contributed by atoms with Crippen LogP contribution in [0.3, 0.4) is 0 Å². The minimum atomic E-state index is -1.23. The van der Waals surface area contributed by atoms with Gasteiger partial charge in [0, 0.05) is 31.0 Å². The average Bonchev–Trinajstić information content (AvgIpc) is 2.53. The molecule has 0 aliphatic heterocycles. The van der Waals surface area contributed by atoms with E-state index in [-0.39, 0.29) is 36.8 Å². The summed E-state index contributed by atoms with van der Waals surface area (Å²) in [6.07, 6.45) is 3.41. The number of carbonyl (C=O) groups is 1. The van der Waals surface area contributed by atoms with Crippen molar-refractivity contribution in [3.63, 3.8) is 0 Å². The normalized spacial score (nSPS) is 11.5. The quantitative estimate of drug-likeness (QED) is 0.779. The molecule has 3 N–H and O–H groups in total. The Hall–Kier alpha value is -2.12. The molecule has 24 heavy (non-hydrogen) atoms. The molecule has 0 spiro atoms. The Labute approximate surface area is 143 Å². The highest BCUT2D eigenvalue weighted by Gasteiger charge is 2.13. The second-order valence-corrected chi connectivity index (χ2v) is 5.11. The van der Waals surface area contributed by atoms with E-state index in [0.29, 0.717) is 18.1 Å². The number of aromatic nitrogens is 1. The van der Waals surface area contributed by atoms with Crippen LogP contribution in [0.2, 0.25) is 0 Å². The summed E-state index contributed by atoms with van der Waals surface area (Å²) in [5.74, 6) is -3.47. The molecule has 1 atom stereocenters. The van der Waals surface area contributed by atoms with Crippen molar-refractivity contribution in [2.45, 2.75) is 18.9 Å². The predicted molar refractivity (Wildman–Crippen MR) is 86.4 cm³/mol. The molecule has 0 fully saturated rings. The molecular weight excluding hydrogens is 343 g/mol. The lowest BCUT2D eigenvalue weighted by molar-refractivity contribution is 0.0952. The largest absolute Gasteiger partial charge is 0.352 e. The molecule has 0 aliphatic rings. The second-order valence-electron chi connectivity index (χ2n) is 5.11. The van der Waals surface area contributed by atoms with Gasteiger partial charge < -0.3 is 11.1 Å². The minimum absolute atomic E-state index is 0. The van der Waals surface area contributed by atoms with E-state index in [9.17, 15) is 18.0 Å². The lowest BCUT2D eigenvalue weighted by Gasteiger charge is -2.13. The van der Waals surface area contributed by atoms with Gasteiger partial charge in [0.25, 0.3) is 5.91 Å². The number of nitrogens with two attached hydrogens (primary N) is 1. The van der Waals surface area contributed by atoms with Gasteiger partial charge in [0.2, 0.25) is 0 Å². The molecule has 130 valence electrons. The molecule has 1 heterocycles. The fraction of sp³-hybridized carbons (Fsp3) is 0.250. The number of halogens is 4. The molecule has 0 unspecified atom stereocenters. The molecule has 0 radical (unpaired) electrons. The first-order chi connectivity index (χ1) is 11.0. The molecule has 1 amide bonds. The molecule has 2 rings (SSSR count). The third-order valence-electron chi connectivity index (χ3n) is 3.30. The van der Waals surface area contributed by atoms with E-state index in [0.717, 1.165) is 6.07 Å². The first-order valence-corrected chi connectivity index (χ1v) is 7.04. The number of hydrogen-bond donors (Lipinski definition) is 2. The van der Waals surface area contributed by atoms with Gasteiger partial charge in [0.15, 0.2) is 11.6 Å². The Balaban J connectivity index is 0.00000288. The van der Waals surface area contributed by atoms with Crippen LogP contribution in [0.15, 0.2) is 36.7 Å². The summed E-state index contributed by atoms with van der Waals surface area (Å²) in [6, 6.07) is 4.08. The highest BCUT2D eigenvalue weighted by atomic mass is 35.5. The molecule has 2 aromatic rings. The first-order valence-electron chi connectivity index (χ1n) is 7.04. The molecule has 8 heteroatoms.